The predicted molar refractivity (Wildman–Crippen MR) is 56.7 cm³/mol. The number of nitrogens with zero attached hydrogens (tertiary/aromatic N) is 1. The topological polar surface area (TPSA) is 24.9 Å². The van der Waals surface area contributed by atoms with Crippen molar-refractivity contribution in [2.45, 2.75) is 18.8 Å². The van der Waals surface area contributed by atoms with E-state index in [4.69, 9.17) is 0 Å². The number of halogens is 2. The minimum absolute atomic E-state index is 0.289. The van der Waals surface area contributed by atoms with E-state index >= 15 is 0 Å². The van der Waals surface area contributed by atoms with Crippen LogP contribution in [0.15, 0.2) is 16.7 Å². The lowest BCUT2D eigenvalue weighted by molar-refractivity contribution is 0.451. The number of piperidine rings is 1. The lowest BCUT2D eigenvalue weighted by Crippen LogP contribution is -2.27. The van der Waals surface area contributed by atoms with Crippen molar-refractivity contribution >= 4 is 15.9 Å². The minimum Gasteiger partial charge on any atom is -0.317 e. The van der Waals surface area contributed by atoms with Gasteiger partial charge in [0.25, 0.3) is 0 Å². The van der Waals surface area contributed by atoms with Gasteiger partial charge in [-0.15, -0.1) is 0 Å². The van der Waals surface area contributed by atoms with Crippen molar-refractivity contribution in [3.8, 4) is 0 Å². The number of nitrogens with one attached hydrogen (secondary N) is 1. The summed E-state index contributed by atoms with van der Waals surface area (Å²) in [5.41, 5.74) is 1.000. The molecule has 1 N–H and O–H groups in total. The molecule has 1 fully saturated rings. The molecule has 0 radical (unpaired) electrons. The molecule has 1 aromatic heterocycles. The highest BCUT2D eigenvalue weighted by atomic mass is 79.9. The molecule has 0 aromatic carbocycles. The van der Waals surface area contributed by atoms with E-state index < -0.39 is 0 Å². The third-order valence-corrected chi connectivity index (χ3v) is 3.19. The van der Waals surface area contributed by atoms with Crippen molar-refractivity contribution in [1.82, 2.24) is 10.3 Å². The Morgan fingerprint density at radius 1 is 1.43 bits per heavy atom. The number of aromatic nitrogens is 1. The van der Waals surface area contributed by atoms with E-state index in [1.165, 1.54) is 6.20 Å². The molecule has 0 spiro atoms. The van der Waals surface area contributed by atoms with E-state index in [-0.39, 0.29) is 5.82 Å². The summed E-state index contributed by atoms with van der Waals surface area (Å²) in [7, 11) is 0. The molecule has 2 nitrogen and oxygen atoms in total. The van der Waals surface area contributed by atoms with Crippen LogP contribution in [0.25, 0.3) is 0 Å². The SMILES string of the molecule is Fc1cnc(C2CCNCC2)cc1Br. The van der Waals surface area contributed by atoms with Crippen molar-refractivity contribution in [2.24, 2.45) is 0 Å². The number of pyridine rings is 1. The average Bonchev–Trinajstić information content (AvgIpc) is 2.23. The Morgan fingerprint density at radius 3 is 2.79 bits per heavy atom. The van der Waals surface area contributed by atoms with E-state index in [1.807, 2.05) is 0 Å². The van der Waals surface area contributed by atoms with Crippen LogP contribution in [0.2, 0.25) is 0 Å². The molecule has 0 aliphatic carbocycles. The molecule has 0 bridgehead atoms. The number of hydrogen-bond acceptors (Lipinski definition) is 2. The minimum atomic E-state index is -0.289. The normalized spacial score (nSPS) is 18.4. The molecular weight excluding hydrogens is 247 g/mol. The monoisotopic (exact) mass is 258 g/mol. The van der Waals surface area contributed by atoms with Crippen LogP contribution in [-0.2, 0) is 0 Å². The zero-order valence-corrected chi connectivity index (χ0v) is 9.35. The maximum atomic E-state index is 12.9. The first-order chi connectivity index (χ1) is 6.77. The van der Waals surface area contributed by atoms with E-state index in [1.54, 1.807) is 6.07 Å². The Labute approximate surface area is 91.1 Å². The van der Waals surface area contributed by atoms with Gasteiger partial charge in [-0.05, 0) is 47.9 Å². The van der Waals surface area contributed by atoms with Gasteiger partial charge in [-0.3, -0.25) is 4.98 Å². The molecule has 0 saturated carbocycles. The fraction of sp³-hybridized carbons (Fsp3) is 0.500. The van der Waals surface area contributed by atoms with Gasteiger partial charge in [-0.2, -0.15) is 0 Å². The van der Waals surface area contributed by atoms with Gasteiger partial charge in [0.05, 0.1) is 10.7 Å². The lowest BCUT2D eigenvalue weighted by Gasteiger charge is -2.22. The van der Waals surface area contributed by atoms with Crippen molar-refractivity contribution in [3.63, 3.8) is 0 Å². The molecule has 1 aliphatic rings. The second-order valence-corrected chi connectivity index (χ2v) is 4.40. The summed E-state index contributed by atoms with van der Waals surface area (Å²) in [6, 6.07) is 1.80. The van der Waals surface area contributed by atoms with E-state index in [0.717, 1.165) is 31.6 Å². The molecule has 4 heteroatoms. The molecule has 1 saturated heterocycles. The maximum Gasteiger partial charge on any atom is 0.155 e. The first-order valence-corrected chi connectivity index (χ1v) is 5.58. The van der Waals surface area contributed by atoms with Gasteiger partial charge < -0.3 is 5.32 Å². The Balaban J connectivity index is 2.18. The highest BCUT2D eigenvalue weighted by Crippen LogP contribution is 2.26. The Hall–Kier alpha value is -0.480. The van der Waals surface area contributed by atoms with Crippen molar-refractivity contribution in [2.75, 3.05) is 13.1 Å². The highest BCUT2D eigenvalue weighted by Gasteiger charge is 2.17. The molecule has 0 unspecified atom stereocenters. The summed E-state index contributed by atoms with van der Waals surface area (Å²) in [6.07, 6.45) is 3.47. The highest BCUT2D eigenvalue weighted by molar-refractivity contribution is 9.10. The van der Waals surface area contributed by atoms with E-state index in [0.29, 0.717) is 10.4 Å². The third kappa shape index (κ3) is 2.12. The molecule has 76 valence electrons. The Morgan fingerprint density at radius 2 is 2.14 bits per heavy atom. The zero-order chi connectivity index (χ0) is 9.97. The summed E-state index contributed by atoms with van der Waals surface area (Å²) in [4.78, 5) is 4.13. The first kappa shape index (κ1) is 10.1. The fourth-order valence-corrected chi connectivity index (χ4v) is 2.11. The van der Waals surface area contributed by atoms with Crippen LogP contribution in [-0.4, -0.2) is 18.1 Å². The first-order valence-electron chi connectivity index (χ1n) is 4.79. The molecule has 1 aromatic rings. The van der Waals surface area contributed by atoms with E-state index in [9.17, 15) is 4.39 Å². The lowest BCUT2D eigenvalue weighted by atomic mass is 9.94. The largest absolute Gasteiger partial charge is 0.317 e. The van der Waals surface area contributed by atoms with Crippen molar-refractivity contribution in [3.05, 3.63) is 28.2 Å². The summed E-state index contributed by atoms with van der Waals surface area (Å²) < 4.78 is 13.5. The second kappa shape index (κ2) is 4.36. The van der Waals surface area contributed by atoms with Gasteiger partial charge in [-0.1, -0.05) is 0 Å². The summed E-state index contributed by atoms with van der Waals surface area (Å²) in [5, 5.41) is 3.30. The fourth-order valence-electron chi connectivity index (χ4n) is 1.77. The van der Waals surface area contributed by atoms with Crippen LogP contribution in [0.5, 0.6) is 0 Å². The van der Waals surface area contributed by atoms with Gasteiger partial charge in [-0.25, -0.2) is 4.39 Å². The summed E-state index contributed by atoms with van der Waals surface area (Å²) in [6.45, 7) is 2.06. The van der Waals surface area contributed by atoms with Gasteiger partial charge in [0, 0.05) is 11.6 Å². The van der Waals surface area contributed by atoms with Gasteiger partial charge in [0.15, 0.2) is 5.82 Å². The van der Waals surface area contributed by atoms with Crippen LogP contribution >= 0.6 is 15.9 Å². The molecule has 14 heavy (non-hydrogen) atoms. The van der Waals surface area contributed by atoms with Crippen molar-refractivity contribution in [1.29, 1.82) is 0 Å². The van der Waals surface area contributed by atoms with Crippen LogP contribution in [0.1, 0.15) is 24.5 Å². The van der Waals surface area contributed by atoms with Crippen LogP contribution in [0.4, 0.5) is 4.39 Å². The molecule has 2 rings (SSSR count). The zero-order valence-electron chi connectivity index (χ0n) is 7.76. The standard InChI is InChI=1S/C10H12BrFN2/c11-8-5-10(14-6-9(8)12)7-1-3-13-4-2-7/h5-7,13H,1-4H2. The smallest absolute Gasteiger partial charge is 0.155 e. The number of hydrogen-bond donors (Lipinski definition) is 1. The quantitative estimate of drug-likeness (QED) is 0.837. The van der Waals surface area contributed by atoms with Crippen LogP contribution < -0.4 is 5.32 Å². The van der Waals surface area contributed by atoms with Gasteiger partial charge in [0.2, 0.25) is 0 Å². The predicted octanol–water partition coefficient (Wildman–Crippen LogP) is 2.45. The van der Waals surface area contributed by atoms with Gasteiger partial charge >= 0.3 is 0 Å². The molecule has 0 atom stereocenters. The molecular formula is C10H12BrFN2. The molecule has 1 aliphatic heterocycles. The number of rotatable bonds is 1. The van der Waals surface area contributed by atoms with Crippen LogP contribution in [0, 0.1) is 5.82 Å². The molecule has 0 amide bonds. The van der Waals surface area contributed by atoms with Crippen LogP contribution in [0.3, 0.4) is 0 Å². The van der Waals surface area contributed by atoms with E-state index in [2.05, 4.69) is 26.2 Å². The second-order valence-electron chi connectivity index (χ2n) is 3.55. The summed E-state index contributed by atoms with van der Waals surface area (Å²) in [5.74, 6) is 0.191. The summed E-state index contributed by atoms with van der Waals surface area (Å²) >= 11 is 3.18. The Kier molecular flexibility index (Phi) is 3.13. The maximum absolute atomic E-state index is 12.9. The average molecular weight is 259 g/mol. The Bertz CT molecular complexity index is 324. The third-order valence-electron chi connectivity index (χ3n) is 2.59. The molecule has 2 heterocycles. The van der Waals surface area contributed by atoms with Gasteiger partial charge in [0.1, 0.15) is 0 Å². The van der Waals surface area contributed by atoms with Crippen molar-refractivity contribution < 1.29 is 4.39 Å².